The molecule has 2 atom stereocenters. The third-order valence-electron chi connectivity index (χ3n) is 5.60. The fourth-order valence-electron chi connectivity index (χ4n) is 3.88. The molecule has 9 nitrogen and oxygen atoms in total. The Bertz CT molecular complexity index is 926. The van der Waals surface area contributed by atoms with Crippen molar-refractivity contribution in [2.24, 2.45) is 0 Å². The van der Waals surface area contributed by atoms with Crippen LogP contribution in [0.4, 0.5) is 4.79 Å². The number of nitrogens with one attached hydrogen (secondary N) is 1. The summed E-state index contributed by atoms with van der Waals surface area (Å²) in [6.07, 6.45) is -0.106. The van der Waals surface area contributed by atoms with Crippen molar-refractivity contribution >= 4 is 12.0 Å². The van der Waals surface area contributed by atoms with E-state index in [-0.39, 0.29) is 18.6 Å². The van der Waals surface area contributed by atoms with E-state index in [1.165, 1.54) is 26.2 Å². The van der Waals surface area contributed by atoms with Crippen LogP contribution >= 0.6 is 0 Å². The zero-order valence-corrected chi connectivity index (χ0v) is 19.1. The smallest absolute Gasteiger partial charge is 0.407 e. The number of carbonyl (C=O) groups is 2. The van der Waals surface area contributed by atoms with Crippen LogP contribution in [0.25, 0.3) is 0 Å². The van der Waals surface area contributed by atoms with Crippen molar-refractivity contribution in [3.63, 3.8) is 0 Å². The molecule has 1 fully saturated rings. The van der Waals surface area contributed by atoms with Gasteiger partial charge in [0.05, 0.1) is 40.1 Å². The zero-order chi connectivity index (χ0) is 23.8. The summed E-state index contributed by atoms with van der Waals surface area (Å²) in [5.41, 5.74) is 1.31. The van der Waals surface area contributed by atoms with E-state index in [9.17, 15) is 14.7 Å². The van der Waals surface area contributed by atoms with E-state index in [0.29, 0.717) is 48.8 Å². The maximum absolute atomic E-state index is 13.2. The van der Waals surface area contributed by atoms with Crippen LogP contribution < -0.4 is 19.5 Å². The summed E-state index contributed by atoms with van der Waals surface area (Å²) in [5.74, 6) is 0.700. The lowest BCUT2D eigenvalue weighted by Gasteiger charge is -2.28. The molecule has 0 aromatic heterocycles. The van der Waals surface area contributed by atoms with Crippen LogP contribution in [-0.4, -0.2) is 68.6 Å². The lowest BCUT2D eigenvalue weighted by molar-refractivity contribution is 0.0106. The van der Waals surface area contributed by atoms with Gasteiger partial charge in [0.1, 0.15) is 0 Å². The number of hydrogen-bond acceptors (Lipinski definition) is 6. The first-order valence-electron chi connectivity index (χ1n) is 10.7. The molecular formula is C24H30N2O7. The van der Waals surface area contributed by atoms with Crippen LogP contribution in [-0.2, 0) is 11.3 Å². The average molecular weight is 459 g/mol. The SMILES string of the molecule is COc1cc(C(=O)N[C@@H]2CN(C(=O)O)CCC[C@H]2OCc2ccccc2)cc(OC)c1OC. The number of methoxy groups -OCH3 is 3. The highest BCUT2D eigenvalue weighted by Crippen LogP contribution is 2.38. The molecule has 2 N–H and O–H groups in total. The molecule has 9 heteroatoms. The third-order valence-corrected chi connectivity index (χ3v) is 5.60. The minimum absolute atomic E-state index is 0.130. The van der Waals surface area contributed by atoms with Gasteiger partial charge in [-0.15, -0.1) is 0 Å². The van der Waals surface area contributed by atoms with E-state index < -0.39 is 12.1 Å². The van der Waals surface area contributed by atoms with E-state index in [4.69, 9.17) is 18.9 Å². The number of rotatable bonds is 8. The second kappa shape index (κ2) is 11.4. The van der Waals surface area contributed by atoms with Crippen LogP contribution in [0.1, 0.15) is 28.8 Å². The van der Waals surface area contributed by atoms with Crippen molar-refractivity contribution in [3.8, 4) is 17.2 Å². The van der Waals surface area contributed by atoms with Gasteiger partial charge in [-0.25, -0.2) is 4.79 Å². The van der Waals surface area contributed by atoms with Crippen molar-refractivity contribution < 1.29 is 33.6 Å². The summed E-state index contributed by atoms with van der Waals surface area (Å²) in [4.78, 5) is 26.1. The molecule has 0 aliphatic carbocycles. The molecule has 0 unspecified atom stereocenters. The first-order chi connectivity index (χ1) is 16.0. The topological polar surface area (TPSA) is 107 Å². The Hall–Kier alpha value is -3.46. The maximum atomic E-state index is 13.2. The summed E-state index contributed by atoms with van der Waals surface area (Å²) in [7, 11) is 4.44. The van der Waals surface area contributed by atoms with Crippen molar-refractivity contribution in [2.45, 2.75) is 31.6 Å². The molecule has 3 rings (SSSR count). The molecule has 1 saturated heterocycles. The lowest BCUT2D eigenvalue weighted by Crippen LogP contribution is -2.50. The molecule has 2 aromatic rings. The summed E-state index contributed by atoms with van der Waals surface area (Å²) in [6, 6.07) is 12.3. The predicted molar refractivity (Wildman–Crippen MR) is 121 cm³/mol. The van der Waals surface area contributed by atoms with Gasteiger partial charge < -0.3 is 34.3 Å². The first kappa shape index (κ1) is 24.2. The van der Waals surface area contributed by atoms with Crippen molar-refractivity contribution in [3.05, 3.63) is 53.6 Å². The molecule has 178 valence electrons. The van der Waals surface area contributed by atoms with E-state index in [1.807, 2.05) is 30.3 Å². The Morgan fingerprint density at radius 2 is 1.73 bits per heavy atom. The van der Waals surface area contributed by atoms with E-state index in [0.717, 1.165) is 5.56 Å². The number of nitrogens with zero attached hydrogens (tertiary/aromatic N) is 1. The van der Waals surface area contributed by atoms with Gasteiger partial charge in [-0.1, -0.05) is 30.3 Å². The quantitative estimate of drug-likeness (QED) is 0.626. The molecular weight excluding hydrogens is 428 g/mol. The molecule has 2 aromatic carbocycles. The second-order valence-electron chi connectivity index (χ2n) is 7.70. The number of amides is 2. The number of ether oxygens (including phenoxy) is 4. The second-order valence-corrected chi connectivity index (χ2v) is 7.70. The zero-order valence-electron chi connectivity index (χ0n) is 19.1. The fraction of sp³-hybridized carbons (Fsp3) is 0.417. The monoisotopic (exact) mass is 458 g/mol. The summed E-state index contributed by atoms with van der Waals surface area (Å²) in [5, 5.41) is 12.5. The summed E-state index contributed by atoms with van der Waals surface area (Å²) in [6.45, 7) is 0.886. The Labute approximate surface area is 193 Å². The Balaban J connectivity index is 1.82. The van der Waals surface area contributed by atoms with E-state index in [1.54, 1.807) is 12.1 Å². The molecule has 0 radical (unpaired) electrons. The van der Waals surface area contributed by atoms with Gasteiger partial charge >= 0.3 is 6.09 Å². The van der Waals surface area contributed by atoms with Gasteiger partial charge in [-0.2, -0.15) is 0 Å². The van der Waals surface area contributed by atoms with Gasteiger partial charge in [0.25, 0.3) is 5.91 Å². The summed E-state index contributed by atoms with van der Waals surface area (Å²) < 4.78 is 22.1. The normalized spacial score (nSPS) is 18.2. The van der Waals surface area contributed by atoms with Crippen LogP contribution in [0.15, 0.2) is 42.5 Å². The minimum atomic E-state index is -1.02. The highest BCUT2D eigenvalue weighted by Gasteiger charge is 2.32. The molecule has 2 amide bonds. The Kier molecular flexibility index (Phi) is 8.37. The highest BCUT2D eigenvalue weighted by molar-refractivity contribution is 5.96. The van der Waals surface area contributed by atoms with Gasteiger partial charge in [0, 0.05) is 18.7 Å². The van der Waals surface area contributed by atoms with Gasteiger partial charge in [0.15, 0.2) is 11.5 Å². The van der Waals surface area contributed by atoms with Crippen molar-refractivity contribution in [1.29, 1.82) is 0 Å². The van der Waals surface area contributed by atoms with E-state index in [2.05, 4.69) is 5.32 Å². The molecule has 0 saturated carbocycles. The van der Waals surface area contributed by atoms with Gasteiger partial charge in [0.2, 0.25) is 5.75 Å². The van der Waals surface area contributed by atoms with Crippen LogP contribution in [0, 0.1) is 0 Å². The third kappa shape index (κ3) is 6.07. The average Bonchev–Trinajstić information content (AvgIpc) is 3.04. The molecule has 1 aliphatic rings. The molecule has 1 heterocycles. The lowest BCUT2D eigenvalue weighted by atomic mass is 10.1. The van der Waals surface area contributed by atoms with Crippen LogP contribution in [0.2, 0.25) is 0 Å². The predicted octanol–water partition coefficient (Wildman–Crippen LogP) is 3.17. The number of hydrogen-bond donors (Lipinski definition) is 2. The van der Waals surface area contributed by atoms with Gasteiger partial charge in [-0.05, 0) is 30.5 Å². The minimum Gasteiger partial charge on any atom is -0.493 e. The number of likely N-dealkylation sites (tertiary alicyclic amines) is 1. The van der Waals surface area contributed by atoms with Crippen molar-refractivity contribution in [1.82, 2.24) is 10.2 Å². The van der Waals surface area contributed by atoms with Gasteiger partial charge in [-0.3, -0.25) is 4.79 Å². The largest absolute Gasteiger partial charge is 0.493 e. The molecule has 33 heavy (non-hydrogen) atoms. The maximum Gasteiger partial charge on any atom is 0.407 e. The number of benzene rings is 2. The number of carbonyl (C=O) groups excluding carboxylic acids is 1. The van der Waals surface area contributed by atoms with Crippen LogP contribution in [0.5, 0.6) is 17.2 Å². The Morgan fingerprint density at radius 3 is 2.30 bits per heavy atom. The molecule has 0 spiro atoms. The number of carboxylic acid groups (broad SMARTS) is 1. The molecule has 0 bridgehead atoms. The molecule has 1 aliphatic heterocycles. The highest BCUT2D eigenvalue weighted by atomic mass is 16.5. The van der Waals surface area contributed by atoms with E-state index >= 15 is 0 Å². The fourth-order valence-corrected chi connectivity index (χ4v) is 3.88. The van der Waals surface area contributed by atoms with Crippen LogP contribution in [0.3, 0.4) is 0 Å². The Morgan fingerprint density at radius 1 is 1.06 bits per heavy atom. The van der Waals surface area contributed by atoms with Crippen molar-refractivity contribution in [2.75, 3.05) is 34.4 Å². The standard InChI is InChI=1S/C24H30N2O7/c1-30-20-12-17(13-21(31-2)22(20)32-3)23(27)25-18-14-26(24(28)29)11-7-10-19(18)33-15-16-8-5-4-6-9-16/h4-6,8-9,12-13,18-19H,7,10-11,14-15H2,1-3H3,(H,25,27)(H,28,29)/t18-,19-/m1/s1. The summed E-state index contributed by atoms with van der Waals surface area (Å²) >= 11 is 0. The first-order valence-corrected chi connectivity index (χ1v) is 10.7.